The lowest BCUT2D eigenvalue weighted by molar-refractivity contribution is 0.773. The van der Waals surface area contributed by atoms with Crippen LogP contribution < -0.4 is 0 Å². The van der Waals surface area contributed by atoms with Crippen LogP contribution in [0, 0.1) is 5.92 Å². The Labute approximate surface area is 81.5 Å². The van der Waals surface area contributed by atoms with Crippen LogP contribution in [0.1, 0.15) is 6.42 Å². The standard InChI is InChI=1S/C11H11Br/c12-8-9-5-6-10-3-1-2-4-11(10)7-9/h1-3,5-7,11H,4,8H2. The number of alkyl halides is 1. The van der Waals surface area contributed by atoms with Crippen LogP contribution in [-0.2, 0) is 0 Å². The van der Waals surface area contributed by atoms with Gasteiger partial charge in [-0.15, -0.1) is 0 Å². The van der Waals surface area contributed by atoms with Gasteiger partial charge in [-0.05, 0) is 17.6 Å². The molecule has 2 aliphatic carbocycles. The first-order valence-corrected chi connectivity index (χ1v) is 5.34. The van der Waals surface area contributed by atoms with E-state index in [4.69, 9.17) is 0 Å². The number of halogens is 1. The predicted molar refractivity (Wildman–Crippen MR) is 56.3 cm³/mol. The van der Waals surface area contributed by atoms with E-state index in [-0.39, 0.29) is 0 Å². The second-order valence-corrected chi connectivity index (χ2v) is 3.71. The molecule has 62 valence electrons. The van der Waals surface area contributed by atoms with E-state index in [1.807, 2.05) is 0 Å². The third kappa shape index (κ3) is 1.46. The molecule has 1 unspecified atom stereocenters. The quantitative estimate of drug-likeness (QED) is 0.598. The van der Waals surface area contributed by atoms with Gasteiger partial charge in [0.25, 0.3) is 0 Å². The molecule has 0 aliphatic heterocycles. The van der Waals surface area contributed by atoms with Crippen molar-refractivity contribution in [2.24, 2.45) is 5.92 Å². The Morgan fingerprint density at radius 3 is 3.17 bits per heavy atom. The second kappa shape index (κ2) is 3.44. The maximum Gasteiger partial charge on any atom is 0.0280 e. The Morgan fingerprint density at radius 1 is 1.42 bits per heavy atom. The molecule has 2 rings (SSSR count). The normalized spacial score (nSPS) is 26.2. The zero-order chi connectivity index (χ0) is 8.39. The molecule has 1 heteroatoms. The fourth-order valence-corrected chi connectivity index (χ4v) is 1.99. The minimum absolute atomic E-state index is 0.632. The molecule has 12 heavy (non-hydrogen) atoms. The van der Waals surface area contributed by atoms with E-state index in [2.05, 4.69) is 52.4 Å². The summed E-state index contributed by atoms with van der Waals surface area (Å²) in [6.45, 7) is 0. The van der Waals surface area contributed by atoms with Gasteiger partial charge in [-0.1, -0.05) is 52.4 Å². The summed E-state index contributed by atoms with van der Waals surface area (Å²) in [6.07, 6.45) is 14.5. The molecule has 0 nitrogen and oxygen atoms in total. The van der Waals surface area contributed by atoms with Crippen molar-refractivity contribution in [3.8, 4) is 0 Å². The molecule has 0 spiro atoms. The first kappa shape index (κ1) is 8.06. The van der Waals surface area contributed by atoms with Crippen molar-refractivity contribution in [3.63, 3.8) is 0 Å². The predicted octanol–water partition coefficient (Wildman–Crippen LogP) is 3.38. The smallest absolute Gasteiger partial charge is 0.0280 e. The van der Waals surface area contributed by atoms with Crippen LogP contribution >= 0.6 is 15.9 Å². The lowest BCUT2D eigenvalue weighted by Crippen LogP contribution is -2.05. The van der Waals surface area contributed by atoms with Gasteiger partial charge in [0.15, 0.2) is 0 Å². The van der Waals surface area contributed by atoms with Crippen LogP contribution in [-0.4, -0.2) is 5.33 Å². The molecule has 0 saturated heterocycles. The van der Waals surface area contributed by atoms with Crippen LogP contribution in [0.25, 0.3) is 0 Å². The van der Waals surface area contributed by atoms with Crippen LogP contribution in [0.3, 0.4) is 0 Å². The van der Waals surface area contributed by atoms with E-state index in [1.165, 1.54) is 11.1 Å². The number of rotatable bonds is 1. The van der Waals surface area contributed by atoms with E-state index in [0.717, 1.165) is 11.8 Å². The van der Waals surface area contributed by atoms with Crippen molar-refractivity contribution in [1.82, 2.24) is 0 Å². The molecule has 0 aromatic carbocycles. The molecular formula is C11H11Br. The molecule has 0 radical (unpaired) electrons. The van der Waals surface area contributed by atoms with Crippen molar-refractivity contribution in [1.29, 1.82) is 0 Å². The van der Waals surface area contributed by atoms with E-state index < -0.39 is 0 Å². The molecule has 0 bridgehead atoms. The minimum Gasteiger partial charge on any atom is -0.0876 e. The Morgan fingerprint density at radius 2 is 2.33 bits per heavy atom. The van der Waals surface area contributed by atoms with Crippen LogP contribution in [0.5, 0.6) is 0 Å². The highest BCUT2D eigenvalue weighted by Gasteiger charge is 2.13. The van der Waals surface area contributed by atoms with Gasteiger partial charge in [-0.3, -0.25) is 0 Å². The molecule has 0 N–H and O–H groups in total. The van der Waals surface area contributed by atoms with Gasteiger partial charge in [-0.2, -0.15) is 0 Å². The summed E-state index contributed by atoms with van der Waals surface area (Å²) in [5.74, 6) is 0.632. The number of fused-ring (bicyclic) bond motifs is 1. The summed E-state index contributed by atoms with van der Waals surface area (Å²) < 4.78 is 0. The lowest BCUT2D eigenvalue weighted by Gasteiger charge is -2.19. The van der Waals surface area contributed by atoms with E-state index in [0.29, 0.717) is 5.92 Å². The fraction of sp³-hybridized carbons (Fsp3) is 0.273. The highest BCUT2D eigenvalue weighted by molar-refractivity contribution is 9.09. The molecule has 0 aromatic heterocycles. The Hall–Kier alpha value is -0.560. The van der Waals surface area contributed by atoms with Gasteiger partial charge < -0.3 is 0 Å². The average Bonchev–Trinajstić information content (AvgIpc) is 2.17. The molecule has 0 fully saturated rings. The van der Waals surface area contributed by atoms with Gasteiger partial charge in [0.2, 0.25) is 0 Å². The summed E-state index contributed by atoms with van der Waals surface area (Å²) in [6, 6.07) is 0. The third-order valence-corrected chi connectivity index (χ3v) is 2.95. The van der Waals surface area contributed by atoms with Crippen molar-refractivity contribution < 1.29 is 0 Å². The van der Waals surface area contributed by atoms with Crippen LogP contribution in [0.15, 0.2) is 47.6 Å². The minimum atomic E-state index is 0.632. The first-order chi connectivity index (χ1) is 5.90. The average molecular weight is 223 g/mol. The van der Waals surface area contributed by atoms with Gasteiger partial charge in [0, 0.05) is 11.2 Å². The number of allylic oxidation sites excluding steroid dienone is 8. The van der Waals surface area contributed by atoms with Crippen molar-refractivity contribution in [2.45, 2.75) is 6.42 Å². The van der Waals surface area contributed by atoms with Crippen LogP contribution in [0.2, 0.25) is 0 Å². The zero-order valence-electron chi connectivity index (χ0n) is 6.83. The number of hydrogen-bond acceptors (Lipinski definition) is 0. The highest BCUT2D eigenvalue weighted by atomic mass is 79.9. The largest absolute Gasteiger partial charge is 0.0876 e. The Balaban J connectivity index is 2.26. The monoisotopic (exact) mass is 222 g/mol. The first-order valence-electron chi connectivity index (χ1n) is 4.21. The van der Waals surface area contributed by atoms with Gasteiger partial charge >= 0.3 is 0 Å². The van der Waals surface area contributed by atoms with Gasteiger partial charge in [0.1, 0.15) is 0 Å². The molecule has 0 amide bonds. The van der Waals surface area contributed by atoms with Crippen molar-refractivity contribution in [2.75, 3.05) is 5.33 Å². The SMILES string of the molecule is BrCC1=CC2CC=CC=C2C=C1. The van der Waals surface area contributed by atoms with Gasteiger partial charge in [-0.25, -0.2) is 0 Å². The molecule has 1 atom stereocenters. The van der Waals surface area contributed by atoms with E-state index in [9.17, 15) is 0 Å². The second-order valence-electron chi connectivity index (χ2n) is 3.15. The van der Waals surface area contributed by atoms with Crippen LogP contribution in [0.4, 0.5) is 0 Å². The third-order valence-electron chi connectivity index (χ3n) is 2.30. The Bertz CT molecular complexity index is 292. The maximum absolute atomic E-state index is 3.47. The van der Waals surface area contributed by atoms with Gasteiger partial charge in [0.05, 0.1) is 0 Å². The zero-order valence-corrected chi connectivity index (χ0v) is 8.42. The topological polar surface area (TPSA) is 0 Å². The van der Waals surface area contributed by atoms with E-state index in [1.54, 1.807) is 0 Å². The lowest BCUT2D eigenvalue weighted by atomic mass is 9.86. The molecule has 0 heterocycles. The molecule has 2 aliphatic rings. The number of hydrogen-bond donors (Lipinski definition) is 0. The summed E-state index contributed by atoms with van der Waals surface area (Å²) in [7, 11) is 0. The van der Waals surface area contributed by atoms with Crippen molar-refractivity contribution in [3.05, 3.63) is 47.6 Å². The summed E-state index contributed by atoms with van der Waals surface area (Å²) in [5.41, 5.74) is 2.84. The summed E-state index contributed by atoms with van der Waals surface area (Å²) in [5, 5.41) is 0.969. The summed E-state index contributed by atoms with van der Waals surface area (Å²) >= 11 is 3.47. The molecule has 0 aromatic rings. The highest BCUT2D eigenvalue weighted by Crippen LogP contribution is 2.28. The van der Waals surface area contributed by atoms with Crippen molar-refractivity contribution >= 4 is 15.9 Å². The summed E-state index contributed by atoms with van der Waals surface area (Å²) in [4.78, 5) is 0. The van der Waals surface area contributed by atoms with E-state index >= 15 is 0 Å². The Kier molecular flexibility index (Phi) is 2.31. The molecular weight excluding hydrogens is 212 g/mol. The fourth-order valence-electron chi connectivity index (χ4n) is 1.61. The molecule has 0 saturated carbocycles. The maximum atomic E-state index is 3.47.